The maximum atomic E-state index is 12.0. The van der Waals surface area contributed by atoms with Gasteiger partial charge in [0.15, 0.2) is 12.5 Å². The third kappa shape index (κ3) is 33.0. The molecule has 0 heterocycles. The van der Waals surface area contributed by atoms with E-state index in [-0.39, 0.29) is 118 Å². The maximum Gasteiger partial charge on any atom is 0.315 e. The molecule has 0 rings (SSSR count). The number of hydrogen-bond acceptors (Lipinski definition) is 18. The zero-order chi connectivity index (χ0) is 46.7. The maximum absolute atomic E-state index is 12.0. The highest BCUT2D eigenvalue weighted by Gasteiger charge is 2.24. The molecule has 0 aromatic heterocycles. The SMILES string of the molecule is CC(NC(=O)C(C)C(=O)O)OOCC(COOC(C)NC(=O)C(C)C(=O)O)OCCOC(COCCOCCNC(=O)CCC(=O)O)COCCOCCNC(=O)CCC(=O)O. The lowest BCUT2D eigenvalue weighted by Crippen LogP contribution is -2.41. The Hall–Kier alpha value is -4.64. The van der Waals surface area contributed by atoms with Gasteiger partial charge in [0.2, 0.25) is 23.6 Å². The molecule has 62 heavy (non-hydrogen) atoms. The van der Waals surface area contributed by atoms with Gasteiger partial charge in [-0.2, -0.15) is 0 Å². The number of rotatable bonds is 41. The second-order valence-electron chi connectivity index (χ2n) is 13.0. The molecule has 0 fully saturated rings. The molecule has 26 heteroatoms. The van der Waals surface area contributed by atoms with Crippen LogP contribution in [0.2, 0.25) is 0 Å². The highest BCUT2D eigenvalue weighted by atomic mass is 17.2. The number of aliphatic carboxylic acids is 4. The molecule has 0 aromatic carbocycles. The van der Waals surface area contributed by atoms with Crippen molar-refractivity contribution in [2.24, 2.45) is 11.8 Å². The van der Waals surface area contributed by atoms with Crippen LogP contribution < -0.4 is 21.3 Å². The van der Waals surface area contributed by atoms with Crippen LogP contribution in [0.1, 0.15) is 53.4 Å². The van der Waals surface area contributed by atoms with Crippen molar-refractivity contribution in [3.63, 3.8) is 0 Å². The van der Waals surface area contributed by atoms with Gasteiger partial charge >= 0.3 is 23.9 Å². The molecule has 4 atom stereocenters. The van der Waals surface area contributed by atoms with Crippen LogP contribution in [0.5, 0.6) is 0 Å². The Bertz CT molecular complexity index is 1250. The van der Waals surface area contributed by atoms with Gasteiger partial charge in [-0.15, -0.1) is 0 Å². The number of nitrogens with one attached hydrogen (secondary N) is 4. The standard InChI is InChI=1S/C36H62N4O22/c1-23(35(49)50)33(47)39-25(3)61-59-21-28(22-60-62-26(4)40-34(48)24(2)36(51)52)58-18-17-57-27(19-55-15-13-53-11-9-37-29(41)5-7-31(43)44)20-56-16-14-54-12-10-38-30(42)6-8-32(45)46/h23-28H,5-22H2,1-4H3,(H,37,41)(H,38,42)(H,39,47)(H,40,48)(H,43,44)(H,45,46)(H,49,50)(H,51,52). The molecule has 358 valence electrons. The zero-order valence-corrected chi connectivity index (χ0v) is 35.3. The topological polar surface area (TPSA) is 358 Å². The van der Waals surface area contributed by atoms with E-state index >= 15 is 0 Å². The van der Waals surface area contributed by atoms with Gasteiger partial charge < -0.3 is 70.1 Å². The van der Waals surface area contributed by atoms with E-state index in [4.69, 9.17) is 68.4 Å². The summed E-state index contributed by atoms with van der Waals surface area (Å²) < 4.78 is 33.9. The van der Waals surface area contributed by atoms with E-state index in [1.165, 1.54) is 27.7 Å². The molecular formula is C36H62N4O22. The monoisotopic (exact) mass is 902 g/mol. The van der Waals surface area contributed by atoms with Gasteiger partial charge in [-0.3, -0.25) is 38.4 Å². The first-order valence-electron chi connectivity index (χ1n) is 19.6. The van der Waals surface area contributed by atoms with Crippen molar-refractivity contribution < 1.29 is 107 Å². The predicted molar refractivity (Wildman–Crippen MR) is 205 cm³/mol. The number of carbonyl (C=O) groups excluding carboxylic acids is 4. The second kappa shape index (κ2) is 35.9. The Morgan fingerprint density at radius 1 is 0.452 bits per heavy atom. The largest absolute Gasteiger partial charge is 0.481 e. The average Bonchev–Trinajstić information content (AvgIpc) is 3.21. The summed E-state index contributed by atoms with van der Waals surface area (Å²) in [5, 5.41) is 45.1. The molecule has 4 amide bonds. The summed E-state index contributed by atoms with van der Waals surface area (Å²) >= 11 is 0. The van der Waals surface area contributed by atoms with Gasteiger partial charge in [0.05, 0.1) is 78.9 Å². The van der Waals surface area contributed by atoms with E-state index in [0.717, 1.165) is 0 Å². The summed E-state index contributed by atoms with van der Waals surface area (Å²) in [4.78, 5) is 111. The molecule has 0 radical (unpaired) electrons. The van der Waals surface area contributed by atoms with Crippen LogP contribution in [-0.4, -0.2) is 185 Å². The van der Waals surface area contributed by atoms with Gasteiger partial charge in [-0.05, 0) is 27.7 Å². The number of carbonyl (C=O) groups is 8. The lowest BCUT2D eigenvalue weighted by Gasteiger charge is -2.22. The Kier molecular flexibility index (Phi) is 33.2. The minimum Gasteiger partial charge on any atom is -0.481 e. The summed E-state index contributed by atoms with van der Waals surface area (Å²) in [6.07, 6.45) is -4.55. The molecule has 0 saturated carbocycles. The summed E-state index contributed by atoms with van der Waals surface area (Å²) in [6.45, 7) is 5.81. The van der Waals surface area contributed by atoms with Gasteiger partial charge in [0.1, 0.15) is 37.3 Å². The molecule has 0 aliphatic heterocycles. The number of hydrogen-bond donors (Lipinski definition) is 8. The van der Waals surface area contributed by atoms with Gasteiger partial charge in [0, 0.05) is 25.9 Å². The third-order valence-corrected chi connectivity index (χ3v) is 7.56. The first-order chi connectivity index (χ1) is 29.4. The fourth-order valence-electron chi connectivity index (χ4n) is 4.09. The quantitative estimate of drug-likeness (QED) is 0.0109. The van der Waals surface area contributed by atoms with Crippen molar-refractivity contribution in [2.75, 3.05) is 92.4 Å². The Morgan fingerprint density at radius 2 is 0.806 bits per heavy atom. The smallest absolute Gasteiger partial charge is 0.315 e. The summed E-state index contributed by atoms with van der Waals surface area (Å²) in [5.74, 6) is -10.00. The molecular weight excluding hydrogens is 840 g/mol. The van der Waals surface area contributed by atoms with E-state index in [9.17, 15) is 38.4 Å². The van der Waals surface area contributed by atoms with Crippen LogP contribution in [0.4, 0.5) is 0 Å². The van der Waals surface area contributed by atoms with Crippen LogP contribution in [0.25, 0.3) is 0 Å². The van der Waals surface area contributed by atoms with E-state index in [1.54, 1.807) is 0 Å². The van der Waals surface area contributed by atoms with Gasteiger partial charge in [-0.1, -0.05) is 0 Å². The number of carboxylic acids is 4. The Balaban J connectivity index is 5.13. The van der Waals surface area contributed by atoms with Crippen molar-refractivity contribution in [1.29, 1.82) is 0 Å². The van der Waals surface area contributed by atoms with Crippen molar-refractivity contribution in [3.05, 3.63) is 0 Å². The Morgan fingerprint density at radius 3 is 1.16 bits per heavy atom. The summed E-state index contributed by atoms with van der Waals surface area (Å²) in [5.41, 5.74) is 0. The normalized spacial score (nSPS) is 13.6. The van der Waals surface area contributed by atoms with Crippen molar-refractivity contribution in [2.45, 2.75) is 78.0 Å². The van der Waals surface area contributed by atoms with Crippen LogP contribution in [0.3, 0.4) is 0 Å². The molecule has 4 unspecified atom stereocenters. The van der Waals surface area contributed by atoms with E-state index in [2.05, 4.69) is 21.3 Å². The molecule has 26 nitrogen and oxygen atoms in total. The van der Waals surface area contributed by atoms with Gasteiger partial charge in [-0.25, -0.2) is 19.6 Å². The minimum absolute atomic E-state index is 0.0230. The first kappa shape index (κ1) is 57.4. The molecule has 0 spiro atoms. The zero-order valence-electron chi connectivity index (χ0n) is 35.3. The fraction of sp³-hybridized carbons (Fsp3) is 0.778. The van der Waals surface area contributed by atoms with Crippen LogP contribution in [-0.2, 0) is 86.3 Å². The molecule has 0 aliphatic carbocycles. The van der Waals surface area contributed by atoms with Crippen molar-refractivity contribution >= 4 is 47.5 Å². The molecule has 0 saturated heterocycles. The molecule has 0 bridgehead atoms. The minimum atomic E-state index is -1.35. The van der Waals surface area contributed by atoms with E-state index in [1.807, 2.05) is 0 Å². The molecule has 0 aliphatic rings. The van der Waals surface area contributed by atoms with E-state index in [0.29, 0.717) is 0 Å². The number of ether oxygens (including phenoxy) is 6. The summed E-state index contributed by atoms with van der Waals surface area (Å²) in [7, 11) is 0. The fourth-order valence-corrected chi connectivity index (χ4v) is 4.09. The number of amides is 4. The van der Waals surface area contributed by atoms with Crippen LogP contribution >= 0.6 is 0 Å². The summed E-state index contributed by atoms with van der Waals surface area (Å²) in [6, 6.07) is 0. The first-order valence-corrected chi connectivity index (χ1v) is 19.6. The van der Waals surface area contributed by atoms with Gasteiger partial charge in [0.25, 0.3) is 0 Å². The Labute approximate surface area is 357 Å². The highest BCUT2D eigenvalue weighted by molar-refractivity contribution is 5.97. The number of carboxylic acid groups (broad SMARTS) is 4. The lowest BCUT2D eigenvalue weighted by molar-refractivity contribution is -0.360. The van der Waals surface area contributed by atoms with Crippen molar-refractivity contribution in [3.8, 4) is 0 Å². The molecule has 8 N–H and O–H groups in total. The third-order valence-electron chi connectivity index (χ3n) is 7.56. The van der Waals surface area contributed by atoms with E-state index < -0.39 is 84.0 Å². The highest BCUT2D eigenvalue weighted by Crippen LogP contribution is 2.04. The average molecular weight is 903 g/mol. The van der Waals surface area contributed by atoms with Crippen molar-refractivity contribution in [1.82, 2.24) is 21.3 Å². The molecule has 0 aromatic rings. The predicted octanol–water partition coefficient (Wildman–Crippen LogP) is -1.95. The van der Waals surface area contributed by atoms with Crippen LogP contribution in [0, 0.1) is 11.8 Å². The second-order valence-corrected chi connectivity index (χ2v) is 13.0. The lowest BCUT2D eigenvalue weighted by atomic mass is 10.2. The van der Waals surface area contributed by atoms with Crippen LogP contribution in [0.15, 0.2) is 0 Å².